The van der Waals surface area contributed by atoms with Crippen molar-refractivity contribution in [2.24, 2.45) is 17.6 Å². The van der Waals surface area contributed by atoms with Gasteiger partial charge in [0, 0.05) is 18.1 Å². The number of nitrogens with one attached hydrogen (secondary N) is 2. The summed E-state index contributed by atoms with van der Waals surface area (Å²) in [5.74, 6) is 0.0602. The Morgan fingerprint density at radius 3 is 2.52 bits per heavy atom. The van der Waals surface area contributed by atoms with Crippen LogP contribution in [0.5, 0.6) is 0 Å². The smallest absolute Gasteiger partial charge is 0.224 e. The Morgan fingerprint density at radius 1 is 1.22 bits per heavy atom. The van der Waals surface area contributed by atoms with E-state index >= 15 is 0 Å². The van der Waals surface area contributed by atoms with Crippen LogP contribution in [0.4, 0.5) is 0 Å². The first kappa shape index (κ1) is 20.7. The number of halogens is 1. The van der Waals surface area contributed by atoms with Gasteiger partial charge in [-0.1, -0.05) is 19.3 Å². The fraction of sp³-hybridized carbons (Fsp3) is 0.933. The van der Waals surface area contributed by atoms with Crippen LogP contribution >= 0.6 is 12.4 Å². The highest BCUT2D eigenvalue weighted by Crippen LogP contribution is 2.32. The van der Waals surface area contributed by atoms with Gasteiger partial charge in [0.15, 0.2) is 0 Å². The maximum atomic E-state index is 12.4. The molecular weight excluding hydrogens is 338 g/mol. The molecule has 0 aromatic heterocycles. The van der Waals surface area contributed by atoms with Crippen molar-refractivity contribution in [3.63, 3.8) is 0 Å². The molecule has 0 saturated heterocycles. The lowest BCUT2D eigenvalue weighted by Gasteiger charge is -2.37. The second-order valence-corrected chi connectivity index (χ2v) is 9.02. The summed E-state index contributed by atoms with van der Waals surface area (Å²) in [7, 11) is -3.20. The van der Waals surface area contributed by atoms with Crippen LogP contribution in [-0.4, -0.2) is 38.7 Å². The summed E-state index contributed by atoms with van der Waals surface area (Å²) in [5.41, 5.74) is 5.84. The number of hydrogen-bond acceptors (Lipinski definition) is 4. The minimum absolute atomic E-state index is 0. The predicted molar refractivity (Wildman–Crippen MR) is 93.9 cm³/mol. The van der Waals surface area contributed by atoms with Crippen LogP contribution in [-0.2, 0) is 14.8 Å². The van der Waals surface area contributed by atoms with E-state index in [0.717, 1.165) is 44.9 Å². The van der Waals surface area contributed by atoms with Gasteiger partial charge in [0.05, 0.1) is 12.2 Å². The number of amides is 1. The summed E-state index contributed by atoms with van der Waals surface area (Å²) in [6, 6.07) is -0.0640. The summed E-state index contributed by atoms with van der Waals surface area (Å²) < 4.78 is 25.5. The lowest BCUT2D eigenvalue weighted by Crippen LogP contribution is -2.53. The lowest BCUT2D eigenvalue weighted by atomic mass is 9.74. The van der Waals surface area contributed by atoms with Crippen molar-refractivity contribution in [2.45, 2.75) is 63.5 Å². The molecule has 4 atom stereocenters. The Kier molecular flexibility index (Phi) is 7.32. The molecule has 4 unspecified atom stereocenters. The third-order valence-electron chi connectivity index (χ3n) is 5.13. The van der Waals surface area contributed by atoms with Crippen LogP contribution in [0.15, 0.2) is 0 Å². The second-order valence-electron chi connectivity index (χ2n) is 7.24. The molecule has 0 heterocycles. The van der Waals surface area contributed by atoms with E-state index in [1.165, 1.54) is 6.26 Å². The number of carbonyl (C=O) groups excluding carboxylic acids is 1. The first-order valence-electron chi connectivity index (χ1n) is 8.23. The third kappa shape index (κ3) is 5.89. The molecule has 2 rings (SSSR count). The molecule has 6 nitrogen and oxygen atoms in total. The minimum Gasteiger partial charge on any atom is -0.355 e. The molecule has 0 aliphatic heterocycles. The molecule has 136 valence electrons. The number of carbonyl (C=O) groups is 1. The van der Waals surface area contributed by atoms with Gasteiger partial charge in [-0.2, -0.15) is 0 Å². The van der Waals surface area contributed by atoms with Gasteiger partial charge in [0.2, 0.25) is 15.9 Å². The highest BCUT2D eigenvalue weighted by atomic mass is 35.5. The lowest BCUT2D eigenvalue weighted by molar-refractivity contribution is -0.128. The zero-order valence-electron chi connectivity index (χ0n) is 14.0. The zero-order chi connectivity index (χ0) is 16.4. The van der Waals surface area contributed by atoms with Gasteiger partial charge in [-0.15, -0.1) is 12.4 Å². The molecule has 2 aliphatic carbocycles. The van der Waals surface area contributed by atoms with Crippen molar-refractivity contribution < 1.29 is 13.2 Å². The van der Waals surface area contributed by atoms with E-state index in [4.69, 9.17) is 5.73 Å². The average molecular weight is 368 g/mol. The summed E-state index contributed by atoms with van der Waals surface area (Å²) in [4.78, 5) is 12.4. The van der Waals surface area contributed by atoms with E-state index < -0.39 is 15.6 Å². The maximum absolute atomic E-state index is 12.4. The number of sulfonamides is 1. The molecule has 23 heavy (non-hydrogen) atoms. The average Bonchev–Trinajstić information content (AvgIpc) is 2.80. The van der Waals surface area contributed by atoms with Crippen molar-refractivity contribution in [3.8, 4) is 0 Å². The fourth-order valence-corrected chi connectivity index (χ4v) is 4.72. The van der Waals surface area contributed by atoms with Crippen LogP contribution in [0, 0.1) is 11.8 Å². The van der Waals surface area contributed by atoms with Crippen molar-refractivity contribution in [3.05, 3.63) is 0 Å². The van der Waals surface area contributed by atoms with Gasteiger partial charge in [-0.25, -0.2) is 13.1 Å². The molecule has 0 aromatic carbocycles. The third-order valence-corrected chi connectivity index (χ3v) is 5.86. The Morgan fingerprint density at radius 2 is 1.91 bits per heavy atom. The van der Waals surface area contributed by atoms with Gasteiger partial charge in [-0.05, 0) is 38.5 Å². The van der Waals surface area contributed by atoms with Crippen molar-refractivity contribution >= 4 is 28.3 Å². The molecule has 1 amide bonds. The molecule has 2 fully saturated rings. The Hall–Kier alpha value is -0.370. The first-order valence-corrected chi connectivity index (χ1v) is 10.1. The molecule has 0 aromatic rings. The van der Waals surface area contributed by atoms with Crippen LogP contribution in [0.1, 0.15) is 51.9 Å². The van der Waals surface area contributed by atoms with Gasteiger partial charge < -0.3 is 11.1 Å². The topological polar surface area (TPSA) is 101 Å². The normalized spacial score (nSPS) is 34.7. The predicted octanol–water partition coefficient (Wildman–Crippen LogP) is 1.15. The molecule has 0 radical (unpaired) electrons. The monoisotopic (exact) mass is 367 g/mol. The zero-order valence-corrected chi connectivity index (χ0v) is 15.6. The highest BCUT2D eigenvalue weighted by molar-refractivity contribution is 7.88. The van der Waals surface area contributed by atoms with E-state index in [9.17, 15) is 13.2 Å². The van der Waals surface area contributed by atoms with Gasteiger partial charge >= 0.3 is 0 Å². The van der Waals surface area contributed by atoms with E-state index in [-0.39, 0.29) is 36.2 Å². The molecule has 2 aliphatic rings. The van der Waals surface area contributed by atoms with Gasteiger partial charge in [0.25, 0.3) is 0 Å². The highest BCUT2D eigenvalue weighted by Gasteiger charge is 2.38. The van der Waals surface area contributed by atoms with Crippen molar-refractivity contribution in [1.82, 2.24) is 10.0 Å². The molecule has 4 N–H and O–H groups in total. The van der Waals surface area contributed by atoms with Crippen molar-refractivity contribution in [1.29, 1.82) is 0 Å². The van der Waals surface area contributed by atoms with E-state index in [1.54, 1.807) is 0 Å². The van der Waals surface area contributed by atoms with E-state index in [1.807, 2.05) is 6.92 Å². The van der Waals surface area contributed by atoms with Gasteiger partial charge in [0.1, 0.15) is 0 Å². The van der Waals surface area contributed by atoms with E-state index in [2.05, 4.69) is 10.0 Å². The Bertz CT molecular complexity index is 510. The summed E-state index contributed by atoms with van der Waals surface area (Å²) in [6.45, 7) is 2.48. The summed E-state index contributed by atoms with van der Waals surface area (Å²) >= 11 is 0. The second kappa shape index (κ2) is 8.14. The molecule has 0 bridgehead atoms. The minimum atomic E-state index is -3.20. The molecule has 0 spiro atoms. The van der Waals surface area contributed by atoms with Crippen molar-refractivity contribution in [2.75, 3.05) is 12.8 Å². The standard InChI is InChI=1S/C15H29N3O3S.ClH/c1-15(16)9-4-3-7-12(15)14(19)17-10-11-6-5-8-13(11)18-22(2,20)21;/h11-13,18H,3-10,16H2,1-2H3,(H,17,19);1H. The maximum Gasteiger partial charge on any atom is 0.224 e. The number of rotatable bonds is 5. The molecule has 8 heteroatoms. The number of hydrogen-bond donors (Lipinski definition) is 3. The largest absolute Gasteiger partial charge is 0.355 e. The Labute approximate surface area is 145 Å². The van der Waals surface area contributed by atoms with Crippen LogP contribution < -0.4 is 15.8 Å². The van der Waals surface area contributed by atoms with Gasteiger partial charge in [-0.3, -0.25) is 4.79 Å². The molecule has 2 saturated carbocycles. The summed E-state index contributed by atoms with van der Waals surface area (Å²) in [6.07, 6.45) is 7.81. The van der Waals surface area contributed by atoms with Crippen LogP contribution in [0.2, 0.25) is 0 Å². The molecular formula is C15H30ClN3O3S. The fourth-order valence-electron chi connectivity index (χ4n) is 3.86. The van der Waals surface area contributed by atoms with Crippen LogP contribution in [0.25, 0.3) is 0 Å². The Balaban J connectivity index is 0.00000264. The van der Waals surface area contributed by atoms with E-state index in [0.29, 0.717) is 6.54 Å². The first-order chi connectivity index (χ1) is 10.2. The summed E-state index contributed by atoms with van der Waals surface area (Å²) in [5, 5.41) is 3.01. The quantitative estimate of drug-likeness (QED) is 0.678. The number of nitrogens with two attached hydrogens (primary N) is 1. The van der Waals surface area contributed by atoms with Crippen LogP contribution in [0.3, 0.4) is 0 Å². The SMILES string of the molecule is CC1(N)CCCCC1C(=O)NCC1CCCC1NS(C)(=O)=O.Cl.